The molecule has 0 aliphatic heterocycles. The standard InChI is InChI=1S/C10H7BrF2N2O2S2/c11-5-1-7(12)10(8(13)2-5)15-19(16,17)9-3-6(14)4-18-9/h1-4,15H,14H2. The number of rotatable bonds is 3. The molecule has 0 unspecified atom stereocenters. The number of hydrogen-bond acceptors (Lipinski definition) is 4. The molecule has 0 atom stereocenters. The molecule has 1 aromatic carbocycles. The lowest BCUT2D eigenvalue weighted by Crippen LogP contribution is -2.14. The van der Waals surface area contributed by atoms with E-state index < -0.39 is 27.3 Å². The number of thiophene rings is 1. The maximum atomic E-state index is 13.5. The van der Waals surface area contributed by atoms with Crippen LogP contribution in [0.2, 0.25) is 0 Å². The second kappa shape index (κ2) is 5.06. The largest absolute Gasteiger partial charge is 0.398 e. The highest BCUT2D eigenvalue weighted by atomic mass is 79.9. The van der Waals surface area contributed by atoms with Gasteiger partial charge in [-0.15, -0.1) is 11.3 Å². The Hall–Kier alpha value is -1.19. The molecule has 9 heteroatoms. The Kier molecular flexibility index (Phi) is 3.79. The summed E-state index contributed by atoms with van der Waals surface area (Å²) in [5, 5.41) is 1.42. The number of sulfonamides is 1. The molecule has 0 aliphatic carbocycles. The van der Waals surface area contributed by atoms with E-state index in [2.05, 4.69) is 15.9 Å². The van der Waals surface area contributed by atoms with E-state index in [1.54, 1.807) is 0 Å². The first-order valence-corrected chi connectivity index (χ1v) is 7.96. The monoisotopic (exact) mass is 368 g/mol. The third-order valence-electron chi connectivity index (χ3n) is 2.10. The van der Waals surface area contributed by atoms with E-state index in [0.717, 1.165) is 23.5 Å². The fourth-order valence-electron chi connectivity index (χ4n) is 1.30. The molecule has 2 aromatic rings. The van der Waals surface area contributed by atoms with E-state index in [1.807, 2.05) is 4.72 Å². The van der Waals surface area contributed by atoms with Gasteiger partial charge in [0.25, 0.3) is 10.0 Å². The molecule has 3 N–H and O–H groups in total. The van der Waals surface area contributed by atoms with Gasteiger partial charge in [0.15, 0.2) is 11.6 Å². The Morgan fingerprint density at radius 1 is 1.21 bits per heavy atom. The number of hydrogen-bond donors (Lipinski definition) is 2. The summed E-state index contributed by atoms with van der Waals surface area (Å²) in [5.74, 6) is -2.03. The van der Waals surface area contributed by atoms with Gasteiger partial charge in [0.2, 0.25) is 0 Å². The minimum absolute atomic E-state index is 0.119. The van der Waals surface area contributed by atoms with Gasteiger partial charge < -0.3 is 5.73 Å². The number of benzene rings is 1. The van der Waals surface area contributed by atoms with E-state index in [0.29, 0.717) is 0 Å². The van der Waals surface area contributed by atoms with Crippen molar-refractivity contribution in [3.05, 3.63) is 39.7 Å². The Morgan fingerprint density at radius 2 is 1.79 bits per heavy atom. The number of nitrogens with one attached hydrogen (secondary N) is 1. The molecular weight excluding hydrogens is 362 g/mol. The normalized spacial score (nSPS) is 11.5. The first kappa shape index (κ1) is 14.2. The van der Waals surface area contributed by atoms with Gasteiger partial charge in [-0.05, 0) is 18.2 Å². The van der Waals surface area contributed by atoms with Crippen molar-refractivity contribution >= 4 is 48.7 Å². The molecule has 0 saturated carbocycles. The number of halogens is 3. The number of nitrogen functional groups attached to an aromatic ring is 1. The average Bonchev–Trinajstić information content (AvgIpc) is 2.71. The van der Waals surface area contributed by atoms with Gasteiger partial charge >= 0.3 is 0 Å². The van der Waals surface area contributed by atoms with E-state index >= 15 is 0 Å². The van der Waals surface area contributed by atoms with Gasteiger partial charge in [0.1, 0.15) is 9.90 Å². The Morgan fingerprint density at radius 3 is 2.26 bits per heavy atom. The van der Waals surface area contributed by atoms with Crippen LogP contribution in [0.5, 0.6) is 0 Å². The molecule has 0 fully saturated rings. The van der Waals surface area contributed by atoms with Gasteiger partial charge in [-0.1, -0.05) is 15.9 Å². The lowest BCUT2D eigenvalue weighted by Gasteiger charge is -2.08. The van der Waals surface area contributed by atoms with Crippen LogP contribution in [-0.2, 0) is 10.0 Å². The second-order valence-corrected chi connectivity index (χ2v) is 7.29. The van der Waals surface area contributed by atoms with Crippen molar-refractivity contribution in [3.63, 3.8) is 0 Å². The Labute approximate surface area is 120 Å². The minimum atomic E-state index is -4.06. The maximum absolute atomic E-state index is 13.5. The van der Waals surface area contributed by atoms with Crippen molar-refractivity contribution in [2.75, 3.05) is 10.5 Å². The van der Waals surface area contributed by atoms with Crippen LogP contribution in [0.25, 0.3) is 0 Å². The zero-order valence-electron chi connectivity index (χ0n) is 9.15. The van der Waals surface area contributed by atoms with Crippen LogP contribution in [-0.4, -0.2) is 8.42 Å². The average molecular weight is 369 g/mol. The van der Waals surface area contributed by atoms with E-state index in [1.165, 1.54) is 11.4 Å². The van der Waals surface area contributed by atoms with Crippen molar-refractivity contribution in [1.29, 1.82) is 0 Å². The second-order valence-electron chi connectivity index (χ2n) is 3.55. The fourth-order valence-corrected chi connectivity index (χ4v) is 3.85. The van der Waals surface area contributed by atoms with Gasteiger partial charge in [-0.25, -0.2) is 17.2 Å². The summed E-state index contributed by atoms with van der Waals surface area (Å²) in [7, 11) is -4.06. The first-order chi connectivity index (χ1) is 8.79. The van der Waals surface area contributed by atoms with Crippen molar-refractivity contribution in [3.8, 4) is 0 Å². The van der Waals surface area contributed by atoms with Gasteiger partial charge in [0, 0.05) is 15.5 Å². The summed E-state index contributed by atoms with van der Waals surface area (Å²) in [6, 6.07) is 3.13. The third-order valence-corrected chi connectivity index (χ3v) is 5.37. The number of anilines is 2. The van der Waals surface area contributed by atoms with Gasteiger partial charge in [-0.3, -0.25) is 4.72 Å². The van der Waals surface area contributed by atoms with Crippen LogP contribution in [0.15, 0.2) is 32.3 Å². The Balaban J connectivity index is 2.41. The van der Waals surface area contributed by atoms with E-state index in [-0.39, 0.29) is 14.4 Å². The summed E-state index contributed by atoms with van der Waals surface area (Å²) in [4.78, 5) is 0. The first-order valence-electron chi connectivity index (χ1n) is 4.81. The van der Waals surface area contributed by atoms with Crippen molar-refractivity contribution in [2.45, 2.75) is 4.21 Å². The predicted molar refractivity (Wildman–Crippen MR) is 73.6 cm³/mol. The van der Waals surface area contributed by atoms with Gasteiger partial charge in [-0.2, -0.15) is 0 Å². The predicted octanol–water partition coefficient (Wildman–Crippen LogP) is 3.17. The minimum Gasteiger partial charge on any atom is -0.398 e. The molecule has 0 amide bonds. The molecule has 0 saturated heterocycles. The lowest BCUT2D eigenvalue weighted by atomic mass is 10.3. The quantitative estimate of drug-likeness (QED) is 0.873. The molecule has 0 radical (unpaired) electrons. The summed E-state index contributed by atoms with van der Waals surface area (Å²) < 4.78 is 52.8. The zero-order chi connectivity index (χ0) is 14.2. The molecule has 0 bridgehead atoms. The molecule has 1 aromatic heterocycles. The highest BCUT2D eigenvalue weighted by Crippen LogP contribution is 2.28. The lowest BCUT2D eigenvalue weighted by molar-refractivity contribution is 0.582. The molecule has 102 valence electrons. The SMILES string of the molecule is Nc1csc(S(=O)(=O)Nc2c(F)cc(Br)cc2F)c1. The van der Waals surface area contributed by atoms with Crippen molar-refractivity contribution in [2.24, 2.45) is 0 Å². The zero-order valence-corrected chi connectivity index (χ0v) is 12.4. The maximum Gasteiger partial charge on any atom is 0.271 e. The molecule has 0 spiro atoms. The van der Waals surface area contributed by atoms with Crippen LogP contribution < -0.4 is 10.5 Å². The topological polar surface area (TPSA) is 72.2 Å². The van der Waals surface area contributed by atoms with E-state index in [4.69, 9.17) is 5.73 Å². The summed E-state index contributed by atoms with van der Waals surface area (Å²) in [6.45, 7) is 0. The fraction of sp³-hybridized carbons (Fsp3) is 0. The molecule has 1 heterocycles. The molecule has 2 rings (SSSR count). The highest BCUT2D eigenvalue weighted by molar-refractivity contribution is 9.10. The molecule has 0 aliphatic rings. The van der Waals surface area contributed by atoms with Crippen LogP contribution >= 0.6 is 27.3 Å². The van der Waals surface area contributed by atoms with Gasteiger partial charge in [0.05, 0.1) is 0 Å². The van der Waals surface area contributed by atoms with E-state index in [9.17, 15) is 17.2 Å². The Bertz CT molecular complexity index is 708. The van der Waals surface area contributed by atoms with Crippen LogP contribution in [0, 0.1) is 11.6 Å². The summed E-state index contributed by atoms with van der Waals surface area (Å²) in [5.41, 5.74) is 4.95. The molecular formula is C10H7BrF2N2O2S2. The smallest absolute Gasteiger partial charge is 0.271 e. The van der Waals surface area contributed by atoms with Crippen LogP contribution in [0.4, 0.5) is 20.2 Å². The van der Waals surface area contributed by atoms with Crippen molar-refractivity contribution in [1.82, 2.24) is 0 Å². The molecule has 19 heavy (non-hydrogen) atoms. The van der Waals surface area contributed by atoms with Crippen LogP contribution in [0.3, 0.4) is 0 Å². The third kappa shape index (κ3) is 3.04. The summed E-state index contributed by atoms with van der Waals surface area (Å²) >= 11 is 3.76. The summed E-state index contributed by atoms with van der Waals surface area (Å²) in [6.07, 6.45) is 0. The van der Waals surface area contributed by atoms with Crippen LogP contribution in [0.1, 0.15) is 0 Å². The number of nitrogens with two attached hydrogens (primary N) is 1. The highest BCUT2D eigenvalue weighted by Gasteiger charge is 2.21. The van der Waals surface area contributed by atoms with Crippen molar-refractivity contribution < 1.29 is 17.2 Å². The molecule has 4 nitrogen and oxygen atoms in total.